The molecule has 0 radical (unpaired) electrons. The van der Waals surface area contributed by atoms with Gasteiger partial charge in [-0.15, -0.1) is 0 Å². The summed E-state index contributed by atoms with van der Waals surface area (Å²) in [6, 6.07) is 8.43. The highest BCUT2D eigenvalue weighted by molar-refractivity contribution is 7.71. The van der Waals surface area contributed by atoms with Crippen LogP contribution >= 0.6 is 12.2 Å². The molecule has 0 amide bonds. The van der Waals surface area contributed by atoms with Crippen LogP contribution in [0.2, 0.25) is 0 Å². The van der Waals surface area contributed by atoms with Crippen molar-refractivity contribution < 1.29 is 0 Å². The van der Waals surface area contributed by atoms with Gasteiger partial charge in [-0.2, -0.15) is 14.9 Å². The zero-order valence-corrected chi connectivity index (χ0v) is 13.7. The molecule has 0 saturated carbocycles. The quantitative estimate of drug-likeness (QED) is 0.639. The Labute approximate surface area is 130 Å². The molecule has 2 aromatic rings. The van der Waals surface area contributed by atoms with Crippen LogP contribution in [0.3, 0.4) is 0 Å². The highest BCUT2D eigenvalue weighted by atomic mass is 32.1. The third kappa shape index (κ3) is 4.11. The van der Waals surface area contributed by atoms with Crippen LogP contribution < -0.4 is 0 Å². The molecule has 112 valence electrons. The van der Waals surface area contributed by atoms with Gasteiger partial charge in [0.15, 0.2) is 5.82 Å². The van der Waals surface area contributed by atoms with Gasteiger partial charge in [0.1, 0.15) is 0 Å². The number of unbranched alkanes of at least 4 members (excludes halogenated alkanes) is 1. The van der Waals surface area contributed by atoms with Crippen LogP contribution in [0.5, 0.6) is 0 Å². The number of H-pyrrole nitrogens is 1. The minimum absolute atomic E-state index is 0.538. The van der Waals surface area contributed by atoms with E-state index < -0.39 is 0 Å². The summed E-state index contributed by atoms with van der Waals surface area (Å²) < 4.78 is 2.25. The number of aromatic amines is 1. The zero-order valence-electron chi connectivity index (χ0n) is 12.8. The molecule has 1 heterocycles. The number of aryl methyl sites for hydroxylation is 1. The molecule has 0 fully saturated rings. The first kappa shape index (κ1) is 15.6. The summed E-state index contributed by atoms with van der Waals surface area (Å²) in [6.45, 7) is 6.53. The Morgan fingerprint density at radius 2 is 2.05 bits per heavy atom. The fourth-order valence-electron chi connectivity index (χ4n) is 2.03. The SMILES string of the molecule is CCCCc1n[nH]c(=S)n1/N=C/c1ccc(C(C)C)cc1. The average molecular weight is 302 g/mol. The summed E-state index contributed by atoms with van der Waals surface area (Å²) in [5.41, 5.74) is 2.39. The molecule has 0 unspecified atom stereocenters. The van der Waals surface area contributed by atoms with Gasteiger partial charge in [-0.1, -0.05) is 51.5 Å². The van der Waals surface area contributed by atoms with Gasteiger partial charge in [-0.25, -0.2) is 0 Å². The van der Waals surface area contributed by atoms with Crippen LogP contribution in [0, 0.1) is 4.77 Å². The maximum atomic E-state index is 5.22. The summed E-state index contributed by atoms with van der Waals surface area (Å²) in [7, 11) is 0. The fraction of sp³-hybridized carbons (Fsp3) is 0.438. The summed E-state index contributed by atoms with van der Waals surface area (Å²) in [5, 5.41) is 11.5. The van der Waals surface area contributed by atoms with E-state index in [0.717, 1.165) is 30.7 Å². The predicted molar refractivity (Wildman–Crippen MR) is 89.5 cm³/mol. The monoisotopic (exact) mass is 302 g/mol. The fourth-order valence-corrected chi connectivity index (χ4v) is 2.23. The van der Waals surface area contributed by atoms with Gasteiger partial charge in [-0.3, -0.25) is 5.10 Å². The van der Waals surface area contributed by atoms with Gasteiger partial charge in [-0.05, 0) is 35.7 Å². The maximum absolute atomic E-state index is 5.22. The van der Waals surface area contributed by atoms with Gasteiger partial charge in [0.05, 0.1) is 6.21 Å². The first-order valence-electron chi connectivity index (χ1n) is 7.42. The van der Waals surface area contributed by atoms with E-state index in [1.54, 1.807) is 4.68 Å². The minimum atomic E-state index is 0.538. The van der Waals surface area contributed by atoms with Crippen molar-refractivity contribution in [3.8, 4) is 0 Å². The van der Waals surface area contributed by atoms with Crippen molar-refractivity contribution in [3.63, 3.8) is 0 Å². The van der Waals surface area contributed by atoms with Gasteiger partial charge >= 0.3 is 0 Å². The van der Waals surface area contributed by atoms with Crippen molar-refractivity contribution in [2.24, 2.45) is 5.10 Å². The molecule has 0 bridgehead atoms. The van der Waals surface area contributed by atoms with Gasteiger partial charge < -0.3 is 0 Å². The lowest BCUT2D eigenvalue weighted by atomic mass is 10.0. The van der Waals surface area contributed by atoms with Crippen LogP contribution in [0.15, 0.2) is 29.4 Å². The maximum Gasteiger partial charge on any atom is 0.216 e. The third-order valence-corrected chi connectivity index (χ3v) is 3.66. The number of benzene rings is 1. The smallest absolute Gasteiger partial charge is 0.216 e. The van der Waals surface area contributed by atoms with Crippen LogP contribution in [0.4, 0.5) is 0 Å². The Kier molecular flexibility index (Phi) is 5.44. The summed E-state index contributed by atoms with van der Waals surface area (Å²) in [4.78, 5) is 0. The largest absolute Gasteiger partial charge is 0.250 e. The van der Waals surface area contributed by atoms with Crippen LogP contribution in [-0.4, -0.2) is 21.1 Å². The van der Waals surface area contributed by atoms with Gasteiger partial charge in [0.25, 0.3) is 0 Å². The second-order valence-electron chi connectivity index (χ2n) is 5.43. The number of aromatic nitrogens is 3. The highest BCUT2D eigenvalue weighted by Crippen LogP contribution is 2.14. The lowest BCUT2D eigenvalue weighted by Crippen LogP contribution is -1.99. The number of hydrogen-bond donors (Lipinski definition) is 1. The Bertz CT molecular complexity index is 650. The predicted octanol–water partition coefficient (Wildman–Crippen LogP) is 4.29. The summed E-state index contributed by atoms with van der Waals surface area (Å²) in [6.07, 6.45) is 4.91. The molecule has 1 aromatic carbocycles. The molecular formula is C16H22N4S. The number of rotatable bonds is 6. The molecular weight excluding hydrogens is 280 g/mol. The second-order valence-corrected chi connectivity index (χ2v) is 5.81. The number of hydrogen-bond acceptors (Lipinski definition) is 3. The molecule has 21 heavy (non-hydrogen) atoms. The van der Waals surface area contributed by atoms with E-state index in [0.29, 0.717) is 10.7 Å². The molecule has 4 nitrogen and oxygen atoms in total. The first-order valence-corrected chi connectivity index (χ1v) is 7.83. The minimum Gasteiger partial charge on any atom is -0.250 e. The molecule has 0 aliphatic heterocycles. The van der Waals surface area contributed by atoms with Crippen molar-refractivity contribution in [3.05, 3.63) is 46.0 Å². The van der Waals surface area contributed by atoms with Gasteiger partial charge in [0, 0.05) is 6.42 Å². The van der Waals surface area contributed by atoms with E-state index >= 15 is 0 Å². The Balaban J connectivity index is 2.17. The van der Waals surface area contributed by atoms with Crippen molar-refractivity contribution in [2.45, 2.75) is 46.0 Å². The lowest BCUT2D eigenvalue weighted by molar-refractivity contribution is 0.700. The van der Waals surface area contributed by atoms with Crippen molar-refractivity contribution >= 4 is 18.4 Å². The van der Waals surface area contributed by atoms with Crippen LogP contribution in [0.1, 0.15) is 56.5 Å². The number of nitrogens with one attached hydrogen (secondary N) is 1. The normalized spacial score (nSPS) is 11.6. The topological polar surface area (TPSA) is 46.0 Å². The standard InChI is InChI=1S/C16H22N4S/c1-4-5-6-15-18-19-16(21)20(15)17-11-13-7-9-14(10-8-13)12(2)3/h7-12H,4-6H2,1-3H3,(H,19,21)/b17-11+. The molecule has 5 heteroatoms. The van der Waals surface area contributed by atoms with E-state index in [1.165, 1.54) is 5.56 Å². The third-order valence-electron chi connectivity index (χ3n) is 3.40. The summed E-state index contributed by atoms with van der Waals surface area (Å²) in [5.74, 6) is 1.43. The van der Waals surface area contributed by atoms with Crippen molar-refractivity contribution in [1.29, 1.82) is 0 Å². The van der Waals surface area contributed by atoms with Crippen LogP contribution in [-0.2, 0) is 6.42 Å². The first-order chi connectivity index (χ1) is 10.1. The van der Waals surface area contributed by atoms with E-state index in [2.05, 4.69) is 60.3 Å². The van der Waals surface area contributed by atoms with E-state index in [9.17, 15) is 0 Å². The molecule has 1 N–H and O–H groups in total. The average Bonchev–Trinajstić information content (AvgIpc) is 2.83. The van der Waals surface area contributed by atoms with E-state index in [1.807, 2.05) is 6.21 Å². The molecule has 0 atom stereocenters. The molecule has 0 aliphatic carbocycles. The number of nitrogens with zero attached hydrogens (tertiary/aromatic N) is 3. The van der Waals surface area contributed by atoms with E-state index in [4.69, 9.17) is 12.2 Å². The van der Waals surface area contributed by atoms with Crippen molar-refractivity contribution in [1.82, 2.24) is 14.9 Å². The molecule has 0 saturated heterocycles. The second kappa shape index (κ2) is 7.31. The van der Waals surface area contributed by atoms with Gasteiger partial charge in [0.2, 0.25) is 4.77 Å². The Hall–Kier alpha value is -1.75. The Morgan fingerprint density at radius 1 is 1.33 bits per heavy atom. The molecule has 2 rings (SSSR count). The lowest BCUT2D eigenvalue weighted by Gasteiger charge is -2.04. The zero-order chi connectivity index (χ0) is 15.2. The molecule has 0 spiro atoms. The molecule has 0 aliphatic rings. The van der Waals surface area contributed by atoms with Crippen molar-refractivity contribution in [2.75, 3.05) is 0 Å². The Morgan fingerprint density at radius 3 is 2.67 bits per heavy atom. The summed E-state index contributed by atoms with van der Waals surface area (Å²) >= 11 is 5.22. The highest BCUT2D eigenvalue weighted by Gasteiger charge is 2.04. The van der Waals surface area contributed by atoms with E-state index in [-0.39, 0.29) is 0 Å². The molecule has 1 aromatic heterocycles. The van der Waals surface area contributed by atoms with Crippen LogP contribution in [0.25, 0.3) is 0 Å².